The van der Waals surface area contributed by atoms with Gasteiger partial charge in [0, 0.05) is 13.2 Å². The number of hydrogen-bond acceptors (Lipinski definition) is 5. The number of pyridine rings is 1. The summed E-state index contributed by atoms with van der Waals surface area (Å²) in [7, 11) is 0. The van der Waals surface area contributed by atoms with Gasteiger partial charge in [0.05, 0.1) is 29.9 Å². The Morgan fingerprint density at radius 2 is 1.96 bits per heavy atom. The van der Waals surface area contributed by atoms with Gasteiger partial charge in [0.25, 0.3) is 0 Å². The van der Waals surface area contributed by atoms with Crippen LogP contribution in [0.1, 0.15) is 57.1 Å². The number of carbonyl (C=O) groups is 1. The summed E-state index contributed by atoms with van der Waals surface area (Å²) < 4.78 is 11.1. The molecule has 3 rings (SSSR count). The number of carbonyl (C=O) groups excluding carboxylic acids is 1. The van der Waals surface area contributed by atoms with Gasteiger partial charge in [-0.25, -0.2) is 0 Å². The van der Waals surface area contributed by atoms with Gasteiger partial charge < -0.3 is 19.4 Å². The Hall–Kier alpha value is -1.02. The maximum Gasteiger partial charge on any atom is 1.00 e. The molecule has 132 valence electrons. The van der Waals surface area contributed by atoms with Crippen molar-refractivity contribution in [3.05, 3.63) is 24.0 Å². The summed E-state index contributed by atoms with van der Waals surface area (Å²) in [6.45, 7) is 1.55. The van der Waals surface area contributed by atoms with E-state index in [0.29, 0.717) is 44.1 Å². The van der Waals surface area contributed by atoms with E-state index in [1.807, 2.05) is 6.07 Å². The Bertz CT molecular complexity index is 537. The second-order valence-corrected chi connectivity index (χ2v) is 7.00. The summed E-state index contributed by atoms with van der Waals surface area (Å²) >= 11 is 0. The maximum absolute atomic E-state index is 11.7. The van der Waals surface area contributed by atoms with Gasteiger partial charge in [0.15, 0.2) is 0 Å². The van der Waals surface area contributed by atoms with Crippen LogP contribution in [0.25, 0.3) is 0 Å². The molecule has 2 aliphatic rings. The zero-order valence-electron chi connectivity index (χ0n) is 15.2. The third kappa shape index (κ3) is 5.00. The molecule has 0 aromatic carbocycles. The number of nitrogens with zero attached hydrogens (tertiary/aromatic N) is 1. The van der Waals surface area contributed by atoms with Gasteiger partial charge >= 0.3 is 18.9 Å². The van der Waals surface area contributed by atoms with Crippen LogP contribution >= 0.6 is 0 Å². The van der Waals surface area contributed by atoms with Crippen LogP contribution < -0.4 is 28.7 Å². The number of aromatic nitrogens is 1. The molecule has 1 aliphatic carbocycles. The summed E-state index contributed by atoms with van der Waals surface area (Å²) in [5.41, 5.74) is -0.482. The standard InChI is InChI=1S/C19H27NO4.Li/c21-18(22)19(9-12-23-13-10-19)17-7-6-16(14-20-17)24-11-8-15-4-2-1-3-5-15;/h6-7,14-15H,1-5,8-13H2,(H,21,22);/q;+1/p-1. The van der Waals surface area contributed by atoms with Crippen molar-refractivity contribution < 1.29 is 38.2 Å². The van der Waals surface area contributed by atoms with Crippen LogP contribution in [0.5, 0.6) is 5.75 Å². The van der Waals surface area contributed by atoms with Crippen LogP contribution in [-0.2, 0) is 14.9 Å². The van der Waals surface area contributed by atoms with Gasteiger partial charge in [-0.2, -0.15) is 0 Å². The van der Waals surface area contributed by atoms with Crippen molar-refractivity contribution in [1.82, 2.24) is 4.98 Å². The average Bonchev–Trinajstić information content (AvgIpc) is 2.64. The van der Waals surface area contributed by atoms with Gasteiger partial charge in [-0.05, 0) is 37.3 Å². The Balaban J connectivity index is 0.00000225. The Labute approximate surface area is 161 Å². The molecule has 0 bridgehead atoms. The first kappa shape index (κ1) is 20.3. The summed E-state index contributed by atoms with van der Waals surface area (Å²) in [6.07, 6.45) is 10.2. The van der Waals surface area contributed by atoms with Gasteiger partial charge in [-0.1, -0.05) is 32.1 Å². The fourth-order valence-electron chi connectivity index (χ4n) is 3.85. The van der Waals surface area contributed by atoms with E-state index in [1.54, 1.807) is 12.3 Å². The topological polar surface area (TPSA) is 71.5 Å². The normalized spacial score (nSPS) is 20.5. The Kier molecular flexibility index (Phi) is 7.80. The molecule has 1 aromatic heterocycles. The van der Waals surface area contributed by atoms with Crippen molar-refractivity contribution in [2.45, 2.75) is 56.8 Å². The summed E-state index contributed by atoms with van der Waals surface area (Å²) in [6, 6.07) is 3.58. The third-order valence-electron chi connectivity index (χ3n) is 5.48. The molecule has 6 heteroatoms. The van der Waals surface area contributed by atoms with E-state index >= 15 is 0 Å². The average molecular weight is 339 g/mol. The quantitative estimate of drug-likeness (QED) is 0.637. The Morgan fingerprint density at radius 3 is 2.56 bits per heavy atom. The van der Waals surface area contributed by atoms with Gasteiger partial charge in [-0.15, -0.1) is 0 Å². The summed E-state index contributed by atoms with van der Waals surface area (Å²) in [5, 5.41) is 11.7. The first-order chi connectivity index (χ1) is 11.7. The van der Waals surface area contributed by atoms with E-state index in [-0.39, 0.29) is 18.9 Å². The van der Waals surface area contributed by atoms with E-state index in [1.165, 1.54) is 32.1 Å². The Morgan fingerprint density at radius 1 is 1.24 bits per heavy atom. The van der Waals surface area contributed by atoms with E-state index in [0.717, 1.165) is 12.3 Å². The van der Waals surface area contributed by atoms with Crippen molar-refractivity contribution in [3.63, 3.8) is 0 Å². The molecule has 0 spiro atoms. The van der Waals surface area contributed by atoms with Crippen LogP contribution in [0, 0.1) is 5.92 Å². The first-order valence-corrected chi connectivity index (χ1v) is 9.09. The second kappa shape index (κ2) is 9.61. The van der Waals surface area contributed by atoms with E-state index in [9.17, 15) is 9.90 Å². The smallest absolute Gasteiger partial charge is 0.549 e. The van der Waals surface area contributed by atoms with Crippen molar-refractivity contribution in [2.24, 2.45) is 5.92 Å². The van der Waals surface area contributed by atoms with Crippen molar-refractivity contribution in [2.75, 3.05) is 19.8 Å². The maximum atomic E-state index is 11.7. The molecular weight excluding hydrogens is 313 g/mol. The van der Waals surface area contributed by atoms with Gasteiger partial charge in [0.2, 0.25) is 0 Å². The third-order valence-corrected chi connectivity index (χ3v) is 5.48. The van der Waals surface area contributed by atoms with Crippen molar-refractivity contribution >= 4 is 5.97 Å². The molecule has 0 amide bonds. The molecule has 25 heavy (non-hydrogen) atoms. The summed E-state index contributed by atoms with van der Waals surface area (Å²) in [5.74, 6) is 0.425. The number of ether oxygens (including phenoxy) is 2. The fourth-order valence-corrected chi connectivity index (χ4v) is 3.85. The van der Waals surface area contributed by atoms with Crippen LogP contribution in [0.2, 0.25) is 0 Å². The minimum Gasteiger partial charge on any atom is -0.549 e. The molecular formula is C19H26LiNO4. The van der Waals surface area contributed by atoms with E-state index in [2.05, 4.69) is 4.98 Å². The summed E-state index contributed by atoms with van der Waals surface area (Å²) in [4.78, 5) is 16.0. The first-order valence-electron chi connectivity index (χ1n) is 9.09. The van der Waals surface area contributed by atoms with Gasteiger partial charge in [-0.3, -0.25) is 4.98 Å². The van der Waals surface area contributed by atoms with Crippen LogP contribution in [0.4, 0.5) is 0 Å². The zero-order chi connectivity index (χ0) is 16.8. The minimum atomic E-state index is -1.07. The predicted molar refractivity (Wildman–Crippen MR) is 87.7 cm³/mol. The molecule has 1 saturated carbocycles. The number of carboxylic acids is 1. The molecule has 0 unspecified atom stereocenters. The molecule has 5 nitrogen and oxygen atoms in total. The van der Waals surface area contributed by atoms with Crippen molar-refractivity contribution in [1.29, 1.82) is 0 Å². The van der Waals surface area contributed by atoms with Crippen LogP contribution in [0.3, 0.4) is 0 Å². The van der Waals surface area contributed by atoms with Crippen LogP contribution in [0.15, 0.2) is 18.3 Å². The SMILES string of the molecule is O=C([O-])C1(c2ccc(OCCC3CCCCC3)cn2)CCOCC1.[Li+]. The molecule has 0 radical (unpaired) electrons. The second-order valence-electron chi connectivity index (χ2n) is 7.00. The molecule has 0 N–H and O–H groups in total. The van der Waals surface area contributed by atoms with E-state index in [4.69, 9.17) is 9.47 Å². The zero-order valence-corrected chi connectivity index (χ0v) is 15.2. The molecule has 1 aromatic rings. The number of carboxylic acid groups (broad SMARTS) is 1. The number of aliphatic carboxylic acids is 1. The largest absolute Gasteiger partial charge is 1.00 e. The molecule has 2 fully saturated rings. The van der Waals surface area contributed by atoms with Gasteiger partial charge in [0.1, 0.15) is 5.75 Å². The fraction of sp³-hybridized carbons (Fsp3) is 0.684. The molecule has 1 aliphatic heterocycles. The van der Waals surface area contributed by atoms with E-state index < -0.39 is 11.4 Å². The monoisotopic (exact) mass is 339 g/mol. The molecule has 2 heterocycles. The molecule has 0 atom stereocenters. The molecule has 1 saturated heterocycles. The van der Waals surface area contributed by atoms with Crippen molar-refractivity contribution in [3.8, 4) is 5.75 Å². The number of hydrogen-bond donors (Lipinski definition) is 0. The predicted octanol–water partition coefficient (Wildman–Crippen LogP) is -0.767. The minimum absolute atomic E-state index is 0. The number of rotatable bonds is 6. The van der Waals surface area contributed by atoms with Crippen LogP contribution in [-0.4, -0.2) is 30.8 Å².